The molecule has 1 unspecified atom stereocenters. The van der Waals surface area contributed by atoms with Crippen LogP contribution in [0.2, 0.25) is 0 Å². The summed E-state index contributed by atoms with van der Waals surface area (Å²) in [6.45, 7) is 2.93. The van der Waals surface area contributed by atoms with Gasteiger partial charge in [-0.2, -0.15) is 0 Å². The van der Waals surface area contributed by atoms with Gasteiger partial charge in [0.2, 0.25) is 0 Å². The fourth-order valence-corrected chi connectivity index (χ4v) is 1.88. The summed E-state index contributed by atoms with van der Waals surface area (Å²) in [6.07, 6.45) is 2.95. The summed E-state index contributed by atoms with van der Waals surface area (Å²) in [6, 6.07) is 0. The SMILES string of the molecule is CNCCC(=O)C1CCCN(C)C1. The quantitative estimate of drug-likeness (QED) is 0.691. The normalized spacial score (nSPS) is 24.6. The van der Waals surface area contributed by atoms with Crippen LogP contribution in [-0.4, -0.2) is 44.4 Å². The van der Waals surface area contributed by atoms with E-state index in [1.54, 1.807) is 0 Å². The Labute approximate surface area is 80.5 Å². The zero-order valence-corrected chi connectivity index (χ0v) is 8.68. The lowest BCUT2D eigenvalue weighted by Gasteiger charge is -2.28. The Hall–Kier alpha value is -0.410. The summed E-state index contributed by atoms with van der Waals surface area (Å²) in [5.74, 6) is 0.730. The fourth-order valence-electron chi connectivity index (χ4n) is 1.88. The summed E-state index contributed by atoms with van der Waals surface area (Å²) in [5.41, 5.74) is 0. The first-order valence-corrected chi connectivity index (χ1v) is 5.10. The van der Waals surface area contributed by atoms with Crippen LogP contribution in [0.3, 0.4) is 0 Å². The van der Waals surface area contributed by atoms with E-state index < -0.39 is 0 Å². The van der Waals surface area contributed by atoms with E-state index in [-0.39, 0.29) is 0 Å². The van der Waals surface area contributed by atoms with Crippen LogP contribution in [0.4, 0.5) is 0 Å². The maximum atomic E-state index is 11.6. The molecule has 0 radical (unpaired) electrons. The van der Waals surface area contributed by atoms with Crippen LogP contribution in [0.1, 0.15) is 19.3 Å². The third-order valence-electron chi connectivity index (χ3n) is 2.70. The van der Waals surface area contributed by atoms with Crippen molar-refractivity contribution in [3.05, 3.63) is 0 Å². The molecule has 0 amide bonds. The Bertz CT molecular complexity index is 170. The number of Topliss-reactive ketones (excluding diaryl/α,β-unsaturated/α-hetero) is 1. The van der Waals surface area contributed by atoms with Crippen LogP contribution in [0.25, 0.3) is 0 Å². The van der Waals surface area contributed by atoms with Gasteiger partial charge in [-0.3, -0.25) is 4.79 Å². The molecule has 3 nitrogen and oxygen atoms in total. The molecule has 0 saturated carbocycles. The molecular formula is C10H20N2O. The number of hydrogen-bond donors (Lipinski definition) is 1. The van der Waals surface area contributed by atoms with Crippen molar-refractivity contribution in [3.63, 3.8) is 0 Å². The highest BCUT2D eigenvalue weighted by Crippen LogP contribution is 2.16. The van der Waals surface area contributed by atoms with Gasteiger partial charge < -0.3 is 10.2 Å². The molecular weight excluding hydrogens is 164 g/mol. The number of carbonyl (C=O) groups is 1. The smallest absolute Gasteiger partial charge is 0.138 e. The number of nitrogens with zero attached hydrogens (tertiary/aromatic N) is 1. The van der Waals surface area contributed by atoms with Gasteiger partial charge in [0.25, 0.3) is 0 Å². The first kappa shape index (κ1) is 10.7. The molecule has 1 atom stereocenters. The van der Waals surface area contributed by atoms with Crippen LogP contribution in [-0.2, 0) is 4.79 Å². The number of likely N-dealkylation sites (tertiary alicyclic amines) is 1. The number of carbonyl (C=O) groups excluding carboxylic acids is 1. The number of nitrogens with one attached hydrogen (secondary N) is 1. The predicted molar refractivity (Wildman–Crippen MR) is 53.8 cm³/mol. The van der Waals surface area contributed by atoms with Crippen molar-refractivity contribution in [2.45, 2.75) is 19.3 Å². The van der Waals surface area contributed by atoms with E-state index in [1.807, 2.05) is 7.05 Å². The molecule has 0 aromatic heterocycles. The molecule has 1 saturated heterocycles. The summed E-state index contributed by atoms with van der Waals surface area (Å²) >= 11 is 0. The van der Waals surface area contributed by atoms with E-state index in [9.17, 15) is 4.79 Å². The summed E-state index contributed by atoms with van der Waals surface area (Å²) in [4.78, 5) is 13.9. The lowest BCUT2D eigenvalue weighted by Crippen LogP contribution is -2.36. The zero-order chi connectivity index (χ0) is 9.68. The van der Waals surface area contributed by atoms with E-state index in [1.165, 1.54) is 6.42 Å². The average Bonchev–Trinajstić information content (AvgIpc) is 2.14. The van der Waals surface area contributed by atoms with E-state index in [0.29, 0.717) is 18.1 Å². The Morgan fingerprint density at radius 3 is 3.00 bits per heavy atom. The molecule has 13 heavy (non-hydrogen) atoms. The first-order valence-electron chi connectivity index (χ1n) is 5.10. The Morgan fingerprint density at radius 2 is 2.38 bits per heavy atom. The van der Waals surface area contributed by atoms with Crippen LogP contribution >= 0.6 is 0 Å². The van der Waals surface area contributed by atoms with Crippen molar-refractivity contribution in [3.8, 4) is 0 Å². The third kappa shape index (κ3) is 3.44. The van der Waals surface area contributed by atoms with Gasteiger partial charge >= 0.3 is 0 Å². The van der Waals surface area contributed by atoms with Crippen molar-refractivity contribution in [2.24, 2.45) is 5.92 Å². The molecule has 1 fully saturated rings. The highest BCUT2D eigenvalue weighted by atomic mass is 16.1. The van der Waals surface area contributed by atoms with E-state index in [0.717, 1.165) is 26.1 Å². The van der Waals surface area contributed by atoms with Crippen LogP contribution in [0.5, 0.6) is 0 Å². The summed E-state index contributed by atoms with van der Waals surface area (Å²) in [5, 5.41) is 3.01. The van der Waals surface area contributed by atoms with Crippen LogP contribution in [0, 0.1) is 5.92 Å². The average molecular weight is 184 g/mol. The number of piperidine rings is 1. The minimum absolute atomic E-state index is 0.298. The number of hydrogen-bond acceptors (Lipinski definition) is 3. The van der Waals surface area contributed by atoms with Gasteiger partial charge in [-0.15, -0.1) is 0 Å². The maximum absolute atomic E-state index is 11.6. The molecule has 1 aliphatic heterocycles. The second-order valence-electron chi connectivity index (χ2n) is 3.92. The van der Waals surface area contributed by atoms with Gasteiger partial charge in [-0.25, -0.2) is 0 Å². The fraction of sp³-hybridized carbons (Fsp3) is 0.900. The monoisotopic (exact) mass is 184 g/mol. The van der Waals surface area contributed by atoms with Crippen molar-refractivity contribution in [2.75, 3.05) is 33.7 Å². The van der Waals surface area contributed by atoms with E-state index in [4.69, 9.17) is 0 Å². The molecule has 3 heteroatoms. The Morgan fingerprint density at radius 1 is 1.62 bits per heavy atom. The second-order valence-corrected chi connectivity index (χ2v) is 3.92. The van der Waals surface area contributed by atoms with Gasteiger partial charge in [0, 0.05) is 25.4 Å². The van der Waals surface area contributed by atoms with Crippen molar-refractivity contribution in [1.29, 1.82) is 0 Å². The highest BCUT2D eigenvalue weighted by molar-refractivity contribution is 5.81. The molecule has 76 valence electrons. The van der Waals surface area contributed by atoms with Gasteiger partial charge in [0.15, 0.2) is 0 Å². The van der Waals surface area contributed by atoms with Gasteiger partial charge in [-0.05, 0) is 33.5 Å². The Balaban J connectivity index is 2.28. The van der Waals surface area contributed by atoms with Crippen molar-refractivity contribution < 1.29 is 4.79 Å². The lowest BCUT2D eigenvalue weighted by atomic mass is 9.92. The molecule has 0 bridgehead atoms. The third-order valence-corrected chi connectivity index (χ3v) is 2.70. The molecule has 1 aliphatic rings. The predicted octanol–water partition coefficient (Wildman–Crippen LogP) is 0.507. The van der Waals surface area contributed by atoms with Gasteiger partial charge in [-0.1, -0.05) is 0 Å². The minimum atomic E-state index is 0.298. The van der Waals surface area contributed by atoms with Crippen molar-refractivity contribution >= 4 is 5.78 Å². The van der Waals surface area contributed by atoms with Gasteiger partial charge in [0.1, 0.15) is 5.78 Å². The molecule has 0 aromatic carbocycles. The molecule has 0 aliphatic carbocycles. The molecule has 1 N–H and O–H groups in total. The molecule has 1 rings (SSSR count). The van der Waals surface area contributed by atoms with Gasteiger partial charge in [0.05, 0.1) is 0 Å². The minimum Gasteiger partial charge on any atom is -0.319 e. The summed E-state index contributed by atoms with van der Waals surface area (Å²) < 4.78 is 0. The maximum Gasteiger partial charge on any atom is 0.138 e. The standard InChI is InChI=1S/C10H20N2O/c1-11-6-5-10(13)9-4-3-7-12(2)8-9/h9,11H,3-8H2,1-2H3. The highest BCUT2D eigenvalue weighted by Gasteiger charge is 2.22. The van der Waals surface area contributed by atoms with E-state index >= 15 is 0 Å². The largest absolute Gasteiger partial charge is 0.319 e. The molecule has 0 spiro atoms. The van der Waals surface area contributed by atoms with Crippen molar-refractivity contribution in [1.82, 2.24) is 10.2 Å². The lowest BCUT2D eigenvalue weighted by molar-refractivity contribution is -0.124. The number of ketones is 1. The molecule has 1 heterocycles. The summed E-state index contributed by atoms with van der Waals surface area (Å²) in [7, 11) is 3.98. The van der Waals surface area contributed by atoms with Crippen LogP contribution < -0.4 is 5.32 Å². The first-order chi connectivity index (χ1) is 6.24. The van der Waals surface area contributed by atoms with Crippen LogP contribution in [0.15, 0.2) is 0 Å². The van der Waals surface area contributed by atoms with E-state index in [2.05, 4.69) is 17.3 Å². The topological polar surface area (TPSA) is 32.3 Å². The Kier molecular flexibility index (Phi) is 4.39. The second kappa shape index (κ2) is 5.35. The molecule has 0 aromatic rings. The number of rotatable bonds is 4. The zero-order valence-electron chi connectivity index (χ0n) is 8.68.